The van der Waals surface area contributed by atoms with E-state index in [4.69, 9.17) is 16.3 Å². The van der Waals surface area contributed by atoms with Gasteiger partial charge in [0.25, 0.3) is 0 Å². The van der Waals surface area contributed by atoms with Crippen molar-refractivity contribution >= 4 is 23.1 Å². The molecule has 4 nitrogen and oxygen atoms in total. The van der Waals surface area contributed by atoms with Gasteiger partial charge < -0.3 is 9.64 Å². The molecule has 0 radical (unpaired) electrons. The molecule has 0 saturated carbocycles. The highest BCUT2D eigenvalue weighted by atomic mass is 35.5. The molecule has 92 valence electrons. The SMILES string of the molecule is C/C(=N\Nc1ccc(Cl)cc1)N1CCOCC1. The van der Waals surface area contributed by atoms with Gasteiger partial charge in [-0.05, 0) is 31.2 Å². The quantitative estimate of drug-likeness (QED) is 0.500. The molecule has 1 aromatic rings. The lowest BCUT2D eigenvalue weighted by Gasteiger charge is -2.28. The van der Waals surface area contributed by atoms with Gasteiger partial charge in [-0.3, -0.25) is 5.43 Å². The van der Waals surface area contributed by atoms with Gasteiger partial charge in [0, 0.05) is 18.1 Å². The molecule has 0 atom stereocenters. The van der Waals surface area contributed by atoms with Crippen molar-refractivity contribution < 1.29 is 4.74 Å². The molecular weight excluding hydrogens is 238 g/mol. The third kappa shape index (κ3) is 3.61. The van der Waals surface area contributed by atoms with Crippen LogP contribution in [-0.2, 0) is 4.74 Å². The molecule has 5 heteroatoms. The summed E-state index contributed by atoms with van der Waals surface area (Å²) in [6.07, 6.45) is 0. The van der Waals surface area contributed by atoms with Crippen molar-refractivity contribution in [3.8, 4) is 0 Å². The van der Waals surface area contributed by atoms with Crippen LogP contribution in [0, 0.1) is 0 Å². The number of hydrogen-bond donors (Lipinski definition) is 1. The summed E-state index contributed by atoms with van der Waals surface area (Å²) in [5.74, 6) is 0.975. The minimum Gasteiger partial charge on any atom is -0.378 e. The zero-order valence-electron chi connectivity index (χ0n) is 9.82. The van der Waals surface area contributed by atoms with Gasteiger partial charge in [0.05, 0.1) is 18.9 Å². The highest BCUT2D eigenvalue weighted by Gasteiger charge is 2.11. The smallest absolute Gasteiger partial charge is 0.122 e. The maximum absolute atomic E-state index is 5.81. The minimum atomic E-state index is 0.726. The summed E-state index contributed by atoms with van der Waals surface area (Å²) < 4.78 is 5.29. The largest absolute Gasteiger partial charge is 0.378 e. The number of morpholine rings is 1. The molecule has 2 rings (SSSR count). The van der Waals surface area contributed by atoms with Gasteiger partial charge in [0.2, 0.25) is 0 Å². The molecule has 1 heterocycles. The minimum absolute atomic E-state index is 0.726. The summed E-state index contributed by atoms with van der Waals surface area (Å²) in [6.45, 7) is 5.34. The second kappa shape index (κ2) is 5.89. The van der Waals surface area contributed by atoms with Crippen LogP contribution in [0.15, 0.2) is 29.4 Å². The second-order valence-corrected chi connectivity index (χ2v) is 4.31. The lowest BCUT2D eigenvalue weighted by Crippen LogP contribution is -2.39. The fourth-order valence-corrected chi connectivity index (χ4v) is 1.75. The van der Waals surface area contributed by atoms with E-state index in [0.29, 0.717) is 0 Å². The van der Waals surface area contributed by atoms with E-state index in [-0.39, 0.29) is 0 Å². The van der Waals surface area contributed by atoms with Crippen LogP contribution in [0.1, 0.15) is 6.92 Å². The van der Waals surface area contributed by atoms with Gasteiger partial charge >= 0.3 is 0 Å². The second-order valence-electron chi connectivity index (χ2n) is 3.88. The van der Waals surface area contributed by atoms with Crippen molar-refractivity contribution in [3.05, 3.63) is 29.3 Å². The maximum Gasteiger partial charge on any atom is 0.122 e. The first-order chi connectivity index (χ1) is 8.25. The normalized spacial score (nSPS) is 17.1. The fraction of sp³-hybridized carbons (Fsp3) is 0.417. The Bertz CT molecular complexity index is 385. The number of rotatable bonds is 2. The van der Waals surface area contributed by atoms with E-state index < -0.39 is 0 Å². The van der Waals surface area contributed by atoms with Crippen molar-refractivity contribution in [1.82, 2.24) is 4.90 Å². The van der Waals surface area contributed by atoms with Crippen molar-refractivity contribution in [1.29, 1.82) is 0 Å². The first kappa shape index (κ1) is 12.2. The first-order valence-corrected chi connectivity index (χ1v) is 6.02. The third-order valence-corrected chi connectivity index (χ3v) is 2.91. The maximum atomic E-state index is 5.81. The summed E-state index contributed by atoms with van der Waals surface area (Å²) in [6, 6.07) is 7.48. The van der Waals surface area contributed by atoms with E-state index >= 15 is 0 Å². The Labute approximate surface area is 106 Å². The summed E-state index contributed by atoms with van der Waals surface area (Å²) in [4.78, 5) is 2.20. The Morgan fingerprint density at radius 1 is 1.29 bits per heavy atom. The van der Waals surface area contributed by atoms with Crippen LogP contribution in [0.2, 0.25) is 5.02 Å². The lowest BCUT2D eigenvalue weighted by molar-refractivity contribution is 0.0678. The Morgan fingerprint density at radius 2 is 1.94 bits per heavy atom. The highest BCUT2D eigenvalue weighted by Crippen LogP contribution is 2.13. The Morgan fingerprint density at radius 3 is 2.59 bits per heavy atom. The molecule has 17 heavy (non-hydrogen) atoms. The monoisotopic (exact) mass is 253 g/mol. The molecule has 1 saturated heterocycles. The van der Waals surface area contributed by atoms with Crippen molar-refractivity contribution in [2.45, 2.75) is 6.92 Å². The number of anilines is 1. The molecule has 1 aliphatic heterocycles. The molecular formula is C12H16ClN3O. The number of ether oxygens (including phenoxy) is 1. The molecule has 0 unspecified atom stereocenters. The van der Waals surface area contributed by atoms with Gasteiger partial charge in [0.1, 0.15) is 5.84 Å². The Hall–Kier alpha value is -1.26. The summed E-state index contributed by atoms with van der Waals surface area (Å²) in [5, 5.41) is 5.07. The predicted molar refractivity (Wildman–Crippen MR) is 70.6 cm³/mol. The van der Waals surface area contributed by atoms with Gasteiger partial charge in [-0.15, -0.1) is 0 Å². The average molecular weight is 254 g/mol. The number of hydrogen-bond acceptors (Lipinski definition) is 3. The van der Waals surface area contributed by atoms with Crippen LogP contribution in [-0.4, -0.2) is 37.0 Å². The van der Waals surface area contributed by atoms with E-state index in [1.54, 1.807) is 0 Å². The topological polar surface area (TPSA) is 36.9 Å². The Kier molecular flexibility index (Phi) is 4.23. The molecule has 1 aromatic carbocycles. The summed E-state index contributed by atoms with van der Waals surface area (Å²) in [7, 11) is 0. The van der Waals surface area contributed by atoms with Gasteiger partial charge in [-0.25, -0.2) is 0 Å². The number of halogens is 1. The Balaban J connectivity index is 1.92. The van der Waals surface area contributed by atoms with Crippen LogP contribution < -0.4 is 5.43 Å². The molecule has 1 aliphatic rings. The molecule has 0 spiro atoms. The molecule has 0 bridgehead atoms. The van der Waals surface area contributed by atoms with Crippen LogP contribution in [0.4, 0.5) is 5.69 Å². The van der Waals surface area contributed by atoms with E-state index in [0.717, 1.165) is 42.8 Å². The molecule has 0 aromatic heterocycles. The van der Waals surface area contributed by atoms with E-state index in [2.05, 4.69) is 15.4 Å². The highest BCUT2D eigenvalue weighted by molar-refractivity contribution is 6.30. The number of hydrazone groups is 1. The molecule has 1 N–H and O–H groups in total. The first-order valence-electron chi connectivity index (χ1n) is 5.64. The van der Waals surface area contributed by atoms with Crippen molar-refractivity contribution in [2.24, 2.45) is 5.10 Å². The molecule has 0 amide bonds. The van der Waals surface area contributed by atoms with E-state index in [1.807, 2.05) is 31.2 Å². The number of benzene rings is 1. The van der Waals surface area contributed by atoms with Gasteiger partial charge in [-0.1, -0.05) is 11.6 Å². The molecule has 0 aliphatic carbocycles. The number of nitrogens with zero attached hydrogens (tertiary/aromatic N) is 2. The summed E-state index contributed by atoms with van der Waals surface area (Å²) >= 11 is 5.81. The molecule has 1 fully saturated rings. The van der Waals surface area contributed by atoms with Crippen LogP contribution in [0.5, 0.6) is 0 Å². The fourth-order valence-electron chi connectivity index (χ4n) is 1.63. The van der Waals surface area contributed by atoms with Crippen molar-refractivity contribution in [3.63, 3.8) is 0 Å². The zero-order chi connectivity index (χ0) is 12.1. The number of nitrogens with one attached hydrogen (secondary N) is 1. The lowest BCUT2D eigenvalue weighted by atomic mass is 10.3. The number of amidine groups is 1. The average Bonchev–Trinajstić information content (AvgIpc) is 2.39. The van der Waals surface area contributed by atoms with Crippen molar-refractivity contribution in [2.75, 3.05) is 31.7 Å². The summed E-state index contributed by atoms with van der Waals surface area (Å²) in [5.41, 5.74) is 3.95. The van der Waals surface area contributed by atoms with Crippen LogP contribution in [0.25, 0.3) is 0 Å². The predicted octanol–water partition coefficient (Wildman–Crippen LogP) is 2.42. The zero-order valence-corrected chi connectivity index (χ0v) is 10.6. The standard InChI is InChI=1S/C12H16ClN3O/c1-10(16-6-8-17-9-7-16)14-15-12-4-2-11(13)3-5-12/h2-5,15H,6-9H2,1H3/b14-10+. The van der Waals surface area contributed by atoms with Crippen LogP contribution >= 0.6 is 11.6 Å². The third-order valence-electron chi connectivity index (χ3n) is 2.66. The van der Waals surface area contributed by atoms with Gasteiger partial charge in [0.15, 0.2) is 0 Å². The van der Waals surface area contributed by atoms with E-state index in [1.165, 1.54) is 0 Å². The van der Waals surface area contributed by atoms with Gasteiger partial charge in [-0.2, -0.15) is 5.10 Å². The van der Waals surface area contributed by atoms with E-state index in [9.17, 15) is 0 Å². The van der Waals surface area contributed by atoms with Crippen LogP contribution in [0.3, 0.4) is 0 Å².